The quantitative estimate of drug-likeness (QED) is 0.163. The molecule has 8 aromatic carbocycles. The number of fused-ring (bicyclic) bond motifs is 7. The van der Waals surface area contributed by atoms with E-state index in [2.05, 4.69) is 233 Å². The van der Waals surface area contributed by atoms with Gasteiger partial charge in [-0.15, -0.1) is 0 Å². The Balaban J connectivity index is 0.979. The molecule has 0 amide bonds. The number of aromatic nitrogens is 1. The number of nitrogens with zero attached hydrogens (tertiary/aromatic N) is 2. The van der Waals surface area contributed by atoms with Crippen LogP contribution < -0.4 is 4.90 Å². The first-order valence-corrected chi connectivity index (χ1v) is 22.0. The summed E-state index contributed by atoms with van der Waals surface area (Å²) in [7, 11) is 0. The molecule has 0 saturated carbocycles. The smallest absolute Gasteiger partial charge is 0.0544 e. The highest BCUT2D eigenvalue weighted by atomic mass is 15.1. The highest BCUT2D eigenvalue weighted by Crippen LogP contribution is 2.53. The molecule has 9 aromatic rings. The van der Waals surface area contributed by atoms with Crippen LogP contribution in [0.1, 0.15) is 76.6 Å². The number of benzene rings is 8. The van der Waals surface area contributed by atoms with Crippen LogP contribution in [0.5, 0.6) is 0 Å². The Morgan fingerprint density at radius 1 is 0.377 bits per heavy atom. The monoisotopic (exact) mass is 788 g/mol. The Labute approximate surface area is 360 Å². The van der Waals surface area contributed by atoms with Crippen LogP contribution >= 0.6 is 0 Å². The normalized spacial score (nSPS) is 15.6. The maximum atomic E-state index is 2.54. The second kappa shape index (κ2) is 13.7. The van der Waals surface area contributed by atoms with Gasteiger partial charge in [0.25, 0.3) is 0 Å². The van der Waals surface area contributed by atoms with Gasteiger partial charge in [-0.3, -0.25) is 0 Å². The van der Waals surface area contributed by atoms with Crippen molar-refractivity contribution < 1.29 is 0 Å². The topological polar surface area (TPSA) is 8.17 Å². The van der Waals surface area contributed by atoms with E-state index in [-0.39, 0.29) is 16.2 Å². The van der Waals surface area contributed by atoms with Crippen LogP contribution in [0.25, 0.3) is 60.9 Å². The minimum atomic E-state index is -0.210. The molecule has 61 heavy (non-hydrogen) atoms. The summed E-state index contributed by atoms with van der Waals surface area (Å²) in [4.78, 5) is 2.40. The highest BCUT2D eigenvalue weighted by molar-refractivity contribution is 6.10. The standard InChI is InChI=1S/C59H52N2/c1-57(2)33-34-58(3,4)54-38-56-50(37-53(54)57)49-19-13-14-20-55(49)61(56)46-30-32-48-47-31-29-45(35-51(47)59(5,6)52(48)36-46)60(43-17-11-8-12-18-43)44-27-25-42(26-28-44)41-23-21-40(22-24-41)39-15-9-7-10-16-39/h7-32,35-38H,33-34H2,1-6H3. The second-order valence-corrected chi connectivity index (χ2v) is 19.3. The van der Waals surface area contributed by atoms with E-state index in [0.717, 1.165) is 17.1 Å². The van der Waals surface area contributed by atoms with E-state index >= 15 is 0 Å². The lowest BCUT2D eigenvalue weighted by molar-refractivity contribution is 0.332. The summed E-state index contributed by atoms with van der Waals surface area (Å²) < 4.78 is 2.53. The molecular weight excluding hydrogens is 737 g/mol. The second-order valence-electron chi connectivity index (χ2n) is 19.3. The Bertz CT molecular complexity index is 3130. The summed E-state index contributed by atoms with van der Waals surface area (Å²) in [5.41, 5.74) is 20.5. The van der Waals surface area contributed by atoms with E-state index in [1.807, 2.05) is 0 Å². The van der Waals surface area contributed by atoms with Crippen LogP contribution in [0.2, 0.25) is 0 Å². The third-order valence-electron chi connectivity index (χ3n) is 14.3. The van der Waals surface area contributed by atoms with Crippen LogP contribution in [-0.4, -0.2) is 4.57 Å². The van der Waals surface area contributed by atoms with Gasteiger partial charge in [0.05, 0.1) is 11.0 Å². The molecule has 0 N–H and O–H groups in total. The van der Waals surface area contributed by atoms with Gasteiger partial charge in [-0.1, -0.05) is 157 Å². The molecule has 2 nitrogen and oxygen atoms in total. The van der Waals surface area contributed by atoms with Crippen molar-refractivity contribution in [1.82, 2.24) is 4.57 Å². The molecule has 0 aliphatic heterocycles. The molecule has 2 aliphatic carbocycles. The van der Waals surface area contributed by atoms with Gasteiger partial charge < -0.3 is 9.47 Å². The Morgan fingerprint density at radius 3 is 1.52 bits per heavy atom. The fraction of sp³-hybridized carbons (Fsp3) is 0.186. The predicted molar refractivity (Wildman–Crippen MR) is 259 cm³/mol. The molecule has 1 aromatic heterocycles. The zero-order chi connectivity index (χ0) is 41.7. The number of anilines is 3. The summed E-state index contributed by atoms with van der Waals surface area (Å²) in [5.74, 6) is 0. The van der Waals surface area contributed by atoms with Crippen LogP contribution in [0.3, 0.4) is 0 Å². The third kappa shape index (κ3) is 5.98. The number of hydrogen-bond donors (Lipinski definition) is 0. The summed E-state index contributed by atoms with van der Waals surface area (Å²) in [6, 6.07) is 67.7. The Morgan fingerprint density at radius 2 is 0.869 bits per heavy atom. The molecule has 298 valence electrons. The van der Waals surface area contributed by atoms with Crippen molar-refractivity contribution in [3.05, 3.63) is 204 Å². The van der Waals surface area contributed by atoms with Gasteiger partial charge >= 0.3 is 0 Å². The SMILES string of the molecule is CC1(C)CCC(C)(C)c2cc3c(cc21)c1ccccc1n3-c1ccc2c(c1)C(C)(C)c1cc(N(c3ccccc3)c3ccc(-c4ccc(-c5ccccc5)cc4)cc3)ccc1-2. The van der Waals surface area contributed by atoms with Gasteiger partial charge in [0.1, 0.15) is 0 Å². The lowest BCUT2D eigenvalue weighted by Gasteiger charge is -2.42. The molecule has 11 rings (SSSR count). The van der Waals surface area contributed by atoms with Crippen molar-refractivity contribution in [2.45, 2.75) is 70.6 Å². The Hall–Kier alpha value is -6.64. The first kappa shape index (κ1) is 37.4. The third-order valence-corrected chi connectivity index (χ3v) is 14.3. The average molecular weight is 789 g/mol. The number of para-hydroxylation sites is 2. The molecule has 0 spiro atoms. The minimum absolute atomic E-state index is 0.129. The molecule has 2 aliphatic rings. The lowest BCUT2D eigenvalue weighted by Crippen LogP contribution is -2.33. The summed E-state index contributed by atoms with van der Waals surface area (Å²) in [5, 5.41) is 2.67. The van der Waals surface area contributed by atoms with Gasteiger partial charge in [-0.05, 0) is 146 Å². The molecule has 0 bridgehead atoms. The molecule has 0 atom stereocenters. The van der Waals surface area contributed by atoms with Gasteiger partial charge in [-0.25, -0.2) is 0 Å². The van der Waals surface area contributed by atoms with Gasteiger partial charge in [0.2, 0.25) is 0 Å². The van der Waals surface area contributed by atoms with Crippen LogP contribution in [0.4, 0.5) is 17.1 Å². The van der Waals surface area contributed by atoms with Gasteiger partial charge in [0, 0.05) is 38.9 Å². The first-order valence-electron chi connectivity index (χ1n) is 22.0. The summed E-state index contributed by atoms with van der Waals surface area (Å²) >= 11 is 0. The van der Waals surface area contributed by atoms with Crippen molar-refractivity contribution in [3.63, 3.8) is 0 Å². The van der Waals surface area contributed by atoms with E-state index < -0.39 is 0 Å². The highest BCUT2D eigenvalue weighted by Gasteiger charge is 2.39. The van der Waals surface area contributed by atoms with Crippen LogP contribution in [0.15, 0.2) is 182 Å². The Kier molecular flexibility index (Phi) is 8.39. The fourth-order valence-corrected chi connectivity index (χ4v) is 10.6. The molecule has 1 heterocycles. The van der Waals surface area contributed by atoms with E-state index in [4.69, 9.17) is 0 Å². The maximum absolute atomic E-state index is 2.54. The predicted octanol–water partition coefficient (Wildman–Crippen LogP) is 16.2. The first-order chi connectivity index (χ1) is 29.5. The largest absolute Gasteiger partial charge is 0.310 e. The van der Waals surface area contributed by atoms with Crippen molar-refractivity contribution in [3.8, 4) is 39.1 Å². The van der Waals surface area contributed by atoms with Crippen LogP contribution in [-0.2, 0) is 16.2 Å². The van der Waals surface area contributed by atoms with Crippen molar-refractivity contribution in [1.29, 1.82) is 0 Å². The zero-order valence-corrected chi connectivity index (χ0v) is 36.1. The molecule has 0 radical (unpaired) electrons. The fourth-order valence-electron chi connectivity index (χ4n) is 10.6. The van der Waals surface area contributed by atoms with E-state index in [1.165, 1.54) is 96.0 Å². The van der Waals surface area contributed by atoms with Gasteiger partial charge in [-0.2, -0.15) is 0 Å². The summed E-state index contributed by atoms with van der Waals surface area (Å²) in [6.07, 6.45) is 2.41. The molecule has 0 unspecified atom stereocenters. The number of hydrogen-bond acceptors (Lipinski definition) is 1. The molecule has 2 heteroatoms. The molecule has 0 saturated heterocycles. The van der Waals surface area contributed by atoms with Crippen LogP contribution in [0, 0.1) is 0 Å². The van der Waals surface area contributed by atoms with E-state index in [9.17, 15) is 0 Å². The average Bonchev–Trinajstić information content (AvgIpc) is 3.73. The zero-order valence-electron chi connectivity index (χ0n) is 36.1. The minimum Gasteiger partial charge on any atom is -0.310 e. The van der Waals surface area contributed by atoms with E-state index in [1.54, 1.807) is 0 Å². The molecular formula is C59H52N2. The lowest BCUT2D eigenvalue weighted by atomic mass is 9.63. The molecule has 0 fully saturated rings. The van der Waals surface area contributed by atoms with Crippen molar-refractivity contribution in [2.75, 3.05) is 4.90 Å². The van der Waals surface area contributed by atoms with Crippen molar-refractivity contribution >= 4 is 38.9 Å². The van der Waals surface area contributed by atoms with E-state index in [0.29, 0.717) is 0 Å². The number of rotatable bonds is 6. The van der Waals surface area contributed by atoms with Crippen molar-refractivity contribution in [2.24, 2.45) is 0 Å². The summed E-state index contributed by atoms with van der Waals surface area (Å²) in [6.45, 7) is 14.5. The maximum Gasteiger partial charge on any atom is 0.0544 e. The van der Waals surface area contributed by atoms with Gasteiger partial charge in [0.15, 0.2) is 0 Å².